The Balaban J connectivity index is 2.88. The number of rotatable bonds is 5. The van der Waals surface area contributed by atoms with Crippen LogP contribution >= 0.6 is 0 Å². The van der Waals surface area contributed by atoms with Crippen LogP contribution in [-0.2, 0) is 26.9 Å². The van der Waals surface area contributed by atoms with Gasteiger partial charge in [-0.25, -0.2) is 0 Å². The smallest absolute Gasteiger partial charge is 0.307 e. The Kier molecular flexibility index (Phi) is 6.92. The number of benzene rings is 1. The lowest BCUT2D eigenvalue weighted by molar-refractivity contribution is -0.154. The average molecular weight is 364 g/mol. The zero-order valence-corrected chi connectivity index (χ0v) is 18.0. The zero-order valence-electron chi connectivity index (χ0n) is 18.0. The van der Waals surface area contributed by atoms with Gasteiger partial charge in [-0.15, -0.1) is 0 Å². The Labute approximate surface area is 159 Å². The summed E-state index contributed by atoms with van der Waals surface area (Å²) < 4.78 is 5.32. The van der Waals surface area contributed by atoms with Crippen LogP contribution in [0, 0.1) is 0 Å². The number of nitrogens with one attached hydrogen (secondary N) is 1. The molecular weight excluding hydrogens is 326 g/mol. The van der Waals surface area contributed by atoms with E-state index in [1.54, 1.807) is 0 Å². The third kappa shape index (κ3) is 6.99. The fraction of sp³-hybridized carbons (Fsp3) is 0.682. The lowest BCUT2D eigenvalue weighted by atomic mass is 9.78. The molecule has 0 aromatic heterocycles. The van der Waals surface area contributed by atoms with E-state index in [1.165, 1.54) is 0 Å². The molecule has 0 amide bonds. The highest BCUT2D eigenvalue weighted by Crippen LogP contribution is 2.36. The zero-order chi connectivity index (χ0) is 20.3. The number of hydrogen-bond donors (Lipinski definition) is 2. The van der Waals surface area contributed by atoms with Crippen LogP contribution in [0.1, 0.15) is 85.4 Å². The first-order valence-electron chi connectivity index (χ1n) is 9.40. The Bertz CT molecular complexity index is 629. The van der Waals surface area contributed by atoms with Gasteiger partial charge in [0.15, 0.2) is 0 Å². The van der Waals surface area contributed by atoms with Crippen molar-refractivity contribution in [3.8, 4) is 5.75 Å². The number of carbonyl (C=O) groups is 1. The Hall–Kier alpha value is -1.55. The van der Waals surface area contributed by atoms with Crippen molar-refractivity contribution < 1.29 is 14.6 Å². The second-order valence-corrected chi connectivity index (χ2v) is 10.0. The molecule has 0 radical (unpaired) electrons. The van der Waals surface area contributed by atoms with Crippen LogP contribution in [0.25, 0.3) is 0 Å². The summed E-state index contributed by atoms with van der Waals surface area (Å²) in [5, 5.41) is 13.9. The van der Waals surface area contributed by atoms with Crippen molar-refractivity contribution in [2.45, 2.75) is 91.7 Å². The first-order valence-corrected chi connectivity index (χ1v) is 9.40. The molecule has 4 heteroatoms. The molecule has 2 N–H and O–H groups in total. The van der Waals surface area contributed by atoms with Crippen molar-refractivity contribution >= 4 is 5.97 Å². The molecule has 1 aromatic rings. The number of aromatic hydroxyl groups is 1. The third-order valence-corrected chi connectivity index (χ3v) is 4.13. The molecule has 0 atom stereocenters. The number of esters is 1. The number of ether oxygens (including phenoxy) is 1. The maximum Gasteiger partial charge on any atom is 0.307 e. The van der Waals surface area contributed by atoms with Gasteiger partial charge in [0.05, 0.1) is 6.42 Å². The minimum absolute atomic E-state index is 0.0276. The maximum absolute atomic E-state index is 11.8. The van der Waals surface area contributed by atoms with Gasteiger partial charge in [-0.3, -0.25) is 4.79 Å². The van der Waals surface area contributed by atoms with Crippen LogP contribution in [0.5, 0.6) is 5.75 Å². The van der Waals surface area contributed by atoms with Gasteiger partial charge in [-0.2, -0.15) is 0 Å². The molecule has 1 rings (SSSR count). The molecule has 0 unspecified atom stereocenters. The Morgan fingerprint density at radius 1 is 1.00 bits per heavy atom. The second kappa shape index (κ2) is 7.99. The summed E-state index contributed by atoms with van der Waals surface area (Å²) in [6.45, 7) is 19.5. The van der Waals surface area contributed by atoms with Crippen molar-refractivity contribution in [1.29, 1.82) is 0 Å². The van der Waals surface area contributed by atoms with Gasteiger partial charge in [0.1, 0.15) is 11.4 Å². The normalized spacial score (nSPS) is 13.0. The largest absolute Gasteiger partial charge is 0.508 e. The summed E-state index contributed by atoms with van der Waals surface area (Å²) >= 11 is 0. The van der Waals surface area contributed by atoms with Crippen LogP contribution in [0.4, 0.5) is 0 Å². The molecule has 0 saturated heterocycles. The van der Waals surface area contributed by atoms with Crippen molar-refractivity contribution in [3.63, 3.8) is 0 Å². The fourth-order valence-corrected chi connectivity index (χ4v) is 2.74. The molecule has 26 heavy (non-hydrogen) atoms. The van der Waals surface area contributed by atoms with Crippen molar-refractivity contribution in [3.05, 3.63) is 28.8 Å². The van der Waals surface area contributed by atoms with Gasteiger partial charge in [0, 0.05) is 18.7 Å². The van der Waals surface area contributed by atoms with Crippen molar-refractivity contribution in [2.24, 2.45) is 0 Å². The van der Waals surface area contributed by atoms with E-state index in [1.807, 2.05) is 26.8 Å². The van der Waals surface area contributed by atoms with E-state index in [-0.39, 0.29) is 16.8 Å². The van der Waals surface area contributed by atoms with Gasteiger partial charge < -0.3 is 15.2 Å². The molecule has 0 aliphatic carbocycles. The average Bonchev–Trinajstić information content (AvgIpc) is 2.40. The lowest BCUT2D eigenvalue weighted by Crippen LogP contribution is -2.27. The van der Waals surface area contributed by atoms with E-state index < -0.39 is 5.60 Å². The SMILES string of the molecule is CC(C)(C)OC(=O)CCNCc1c(O)cc(C(C)(C)C)cc1C(C)(C)C. The van der Waals surface area contributed by atoms with Crippen molar-refractivity contribution in [1.82, 2.24) is 5.32 Å². The van der Waals surface area contributed by atoms with Crippen LogP contribution < -0.4 is 5.32 Å². The number of phenols is 1. The summed E-state index contributed by atoms with van der Waals surface area (Å²) in [7, 11) is 0. The lowest BCUT2D eigenvalue weighted by Gasteiger charge is -2.28. The molecule has 0 spiro atoms. The number of hydrogen-bond acceptors (Lipinski definition) is 4. The summed E-state index contributed by atoms with van der Waals surface area (Å²) in [6.07, 6.45) is 0.308. The molecule has 0 fully saturated rings. The standard InChI is InChI=1S/C22H37NO3/c1-20(2,3)15-12-17(21(4,5)6)16(18(24)13-15)14-23-11-10-19(25)26-22(7,8)9/h12-13,23-24H,10-11,14H2,1-9H3. The first-order chi connectivity index (χ1) is 11.6. The molecule has 1 aromatic carbocycles. The minimum Gasteiger partial charge on any atom is -0.508 e. The van der Waals surface area contributed by atoms with E-state index in [4.69, 9.17) is 4.74 Å². The van der Waals surface area contributed by atoms with Gasteiger partial charge in [0.25, 0.3) is 0 Å². The van der Waals surface area contributed by atoms with Gasteiger partial charge in [-0.1, -0.05) is 47.6 Å². The topological polar surface area (TPSA) is 58.6 Å². The highest BCUT2D eigenvalue weighted by Gasteiger charge is 2.25. The van der Waals surface area contributed by atoms with Crippen LogP contribution in [0.3, 0.4) is 0 Å². The molecular formula is C22H37NO3. The highest BCUT2D eigenvalue weighted by atomic mass is 16.6. The van der Waals surface area contributed by atoms with Gasteiger partial charge in [0.2, 0.25) is 0 Å². The van der Waals surface area contributed by atoms with Gasteiger partial charge in [-0.05, 0) is 48.8 Å². The predicted molar refractivity (Wildman–Crippen MR) is 108 cm³/mol. The quantitative estimate of drug-likeness (QED) is 0.582. The third-order valence-electron chi connectivity index (χ3n) is 4.13. The molecule has 0 aliphatic heterocycles. The van der Waals surface area contributed by atoms with E-state index >= 15 is 0 Å². The predicted octanol–water partition coefficient (Wildman–Crippen LogP) is 4.81. The van der Waals surface area contributed by atoms with E-state index in [0.717, 1.165) is 16.7 Å². The maximum atomic E-state index is 11.8. The molecule has 4 nitrogen and oxygen atoms in total. The van der Waals surface area contributed by atoms with Crippen molar-refractivity contribution in [2.75, 3.05) is 6.54 Å². The van der Waals surface area contributed by atoms with E-state index in [2.05, 4.69) is 52.9 Å². The molecule has 0 saturated carbocycles. The minimum atomic E-state index is -0.461. The fourth-order valence-electron chi connectivity index (χ4n) is 2.74. The van der Waals surface area contributed by atoms with Crippen LogP contribution in [0.2, 0.25) is 0 Å². The number of carbonyl (C=O) groups excluding carboxylic acids is 1. The molecule has 0 heterocycles. The summed E-state index contributed by atoms with van der Waals surface area (Å²) in [6, 6.07) is 4.06. The Morgan fingerprint density at radius 2 is 1.58 bits per heavy atom. The van der Waals surface area contributed by atoms with Crippen LogP contribution in [-0.4, -0.2) is 23.2 Å². The summed E-state index contributed by atoms with van der Waals surface area (Å²) in [4.78, 5) is 11.8. The molecule has 148 valence electrons. The Morgan fingerprint density at radius 3 is 2.04 bits per heavy atom. The summed E-state index contributed by atoms with van der Waals surface area (Å²) in [5.41, 5.74) is 2.58. The molecule has 0 aliphatic rings. The first kappa shape index (κ1) is 22.5. The van der Waals surface area contributed by atoms with Gasteiger partial charge >= 0.3 is 5.97 Å². The van der Waals surface area contributed by atoms with Crippen LogP contribution in [0.15, 0.2) is 12.1 Å². The molecule has 0 bridgehead atoms. The van der Waals surface area contributed by atoms with E-state index in [0.29, 0.717) is 25.3 Å². The second-order valence-electron chi connectivity index (χ2n) is 10.0. The number of phenolic OH excluding ortho intramolecular Hbond substituents is 1. The monoisotopic (exact) mass is 363 g/mol. The summed E-state index contributed by atoms with van der Waals surface area (Å²) in [5.74, 6) is 0.0977. The highest BCUT2D eigenvalue weighted by molar-refractivity contribution is 5.70. The van der Waals surface area contributed by atoms with E-state index in [9.17, 15) is 9.90 Å².